The van der Waals surface area contributed by atoms with Crippen LogP contribution >= 0.6 is 0 Å². The molecule has 3 heteroatoms. The lowest BCUT2D eigenvalue weighted by Gasteiger charge is -2.07. The Bertz CT molecular complexity index is 278. The fraction of sp³-hybridized carbons (Fsp3) is 0.750. The van der Waals surface area contributed by atoms with Gasteiger partial charge in [-0.2, -0.15) is 0 Å². The lowest BCUT2D eigenvalue weighted by molar-refractivity contribution is 0.678. The lowest BCUT2D eigenvalue weighted by atomic mass is 10.2. The third kappa shape index (κ3) is 3.94. The van der Waals surface area contributed by atoms with Crippen LogP contribution in [0.15, 0.2) is 6.20 Å². The Hall–Kier alpha value is -0.990. The number of nitrogens with zero attached hydrogens (tertiary/aromatic N) is 2. The van der Waals surface area contributed by atoms with Crippen LogP contribution in [0.3, 0.4) is 0 Å². The van der Waals surface area contributed by atoms with Crippen LogP contribution in [0.1, 0.15) is 45.2 Å². The third-order valence-electron chi connectivity index (χ3n) is 2.55. The normalized spacial score (nSPS) is 10.6. The van der Waals surface area contributed by atoms with Crippen molar-refractivity contribution in [1.82, 2.24) is 9.55 Å². The van der Waals surface area contributed by atoms with Crippen LogP contribution in [0.5, 0.6) is 0 Å². The van der Waals surface area contributed by atoms with E-state index in [0.29, 0.717) is 0 Å². The molecule has 0 fully saturated rings. The first-order chi connectivity index (χ1) is 7.27. The summed E-state index contributed by atoms with van der Waals surface area (Å²) in [6, 6.07) is 0. The summed E-state index contributed by atoms with van der Waals surface area (Å²) in [7, 11) is 0. The van der Waals surface area contributed by atoms with E-state index < -0.39 is 0 Å². The molecule has 1 aromatic rings. The van der Waals surface area contributed by atoms with Crippen molar-refractivity contribution in [1.29, 1.82) is 0 Å². The van der Waals surface area contributed by atoms with Crippen molar-refractivity contribution in [2.75, 3.05) is 11.9 Å². The van der Waals surface area contributed by atoms with Gasteiger partial charge in [0.2, 0.25) is 5.95 Å². The van der Waals surface area contributed by atoms with Crippen LogP contribution in [0.2, 0.25) is 0 Å². The summed E-state index contributed by atoms with van der Waals surface area (Å²) in [5.41, 5.74) is 1.09. The molecule has 1 heterocycles. The molecular weight excluding hydrogens is 186 g/mol. The van der Waals surface area contributed by atoms with Gasteiger partial charge in [-0.1, -0.05) is 26.2 Å². The summed E-state index contributed by atoms with van der Waals surface area (Å²) in [5.74, 6) is 1.02. The smallest absolute Gasteiger partial charge is 0.203 e. The number of hydrogen-bond donors (Lipinski definition) is 1. The topological polar surface area (TPSA) is 29.9 Å². The molecule has 0 aliphatic rings. The molecule has 0 unspecified atom stereocenters. The summed E-state index contributed by atoms with van der Waals surface area (Å²) in [6.45, 7) is 8.44. The molecule has 0 amide bonds. The molecule has 0 aliphatic heterocycles. The van der Waals surface area contributed by atoms with Crippen LogP contribution in [0.4, 0.5) is 5.95 Å². The van der Waals surface area contributed by atoms with Crippen LogP contribution in [-0.2, 0) is 6.54 Å². The van der Waals surface area contributed by atoms with E-state index in [0.717, 1.165) is 24.7 Å². The number of rotatable bonds is 7. The van der Waals surface area contributed by atoms with Gasteiger partial charge in [0.1, 0.15) is 0 Å². The van der Waals surface area contributed by atoms with Crippen LogP contribution in [0, 0.1) is 6.92 Å². The summed E-state index contributed by atoms with van der Waals surface area (Å²) in [6.07, 6.45) is 7.28. The van der Waals surface area contributed by atoms with Crippen molar-refractivity contribution in [3.8, 4) is 0 Å². The van der Waals surface area contributed by atoms with E-state index in [4.69, 9.17) is 0 Å². The van der Waals surface area contributed by atoms with Crippen LogP contribution < -0.4 is 5.32 Å². The molecule has 0 aliphatic carbocycles. The molecule has 0 spiro atoms. The first-order valence-corrected chi connectivity index (χ1v) is 6.05. The number of imidazole rings is 1. The highest BCUT2D eigenvalue weighted by Crippen LogP contribution is 2.08. The average molecular weight is 209 g/mol. The zero-order valence-electron chi connectivity index (χ0n) is 10.2. The maximum Gasteiger partial charge on any atom is 0.203 e. The molecule has 0 radical (unpaired) electrons. The van der Waals surface area contributed by atoms with Crippen LogP contribution in [-0.4, -0.2) is 16.1 Å². The molecule has 86 valence electrons. The first kappa shape index (κ1) is 12.1. The van der Waals surface area contributed by atoms with Crippen molar-refractivity contribution >= 4 is 5.95 Å². The molecule has 0 saturated carbocycles. The predicted molar refractivity (Wildman–Crippen MR) is 65.3 cm³/mol. The minimum absolute atomic E-state index is 0.984. The molecule has 1 aromatic heterocycles. The summed E-state index contributed by atoms with van der Waals surface area (Å²) in [4.78, 5) is 4.45. The minimum Gasteiger partial charge on any atom is -0.356 e. The molecule has 1 N–H and O–H groups in total. The molecule has 0 atom stereocenters. The second-order valence-corrected chi connectivity index (χ2v) is 3.98. The summed E-state index contributed by atoms with van der Waals surface area (Å²) >= 11 is 0. The van der Waals surface area contributed by atoms with Gasteiger partial charge in [-0.05, 0) is 20.3 Å². The van der Waals surface area contributed by atoms with Crippen molar-refractivity contribution in [2.45, 2.75) is 53.0 Å². The van der Waals surface area contributed by atoms with E-state index in [9.17, 15) is 0 Å². The van der Waals surface area contributed by atoms with Gasteiger partial charge in [0, 0.05) is 19.3 Å². The van der Waals surface area contributed by atoms with Crippen molar-refractivity contribution < 1.29 is 0 Å². The van der Waals surface area contributed by atoms with E-state index >= 15 is 0 Å². The number of nitrogens with one attached hydrogen (secondary N) is 1. The monoisotopic (exact) mass is 209 g/mol. The first-order valence-electron chi connectivity index (χ1n) is 6.05. The Labute approximate surface area is 92.9 Å². The van der Waals surface area contributed by atoms with Gasteiger partial charge in [0.15, 0.2) is 0 Å². The van der Waals surface area contributed by atoms with Gasteiger partial charge in [0.25, 0.3) is 0 Å². The van der Waals surface area contributed by atoms with Gasteiger partial charge >= 0.3 is 0 Å². The largest absolute Gasteiger partial charge is 0.356 e. The van der Waals surface area contributed by atoms with Gasteiger partial charge < -0.3 is 9.88 Å². The minimum atomic E-state index is 0.984. The van der Waals surface area contributed by atoms with E-state index in [1.165, 1.54) is 25.7 Å². The highest BCUT2D eigenvalue weighted by molar-refractivity contribution is 5.28. The lowest BCUT2D eigenvalue weighted by Crippen LogP contribution is -2.07. The molecule has 0 aromatic carbocycles. The fourth-order valence-corrected chi connectivity index (χ4v) is 1.68. The van der Waals surface area contributed by atoms with Crippen LogP contribution in [0.25, 0.3) is 0 Å². The van der Waals surface area contributed by atoms with E-state index in [-0.39, 0.29) is 0 Å². The Morgan fingerprint density at radius 1 is 1.27 bits per heavy atom. The zero-order chi connectivity index (χ0) is 11.1. The second-order valence-electron chi connectivity index (χ2n) is 3.98. The van der Waals surface area contributed by atoms with E-state index in [2.05, 4.69) is 34.9 Å². The van der Waals surface area contributed by atoms with Gasteiger partial charge in [-0.15, -0.1) is 0 Å². The Kier molecular flexibility index (Phi) is 5.22. The van der Waals surface area contributed by atoms with Gasteiger partial charge in [-0.25, -0.2) is 4.98 Å². The van der Waals surface area contributed by atoms with E-state index in [1.54, 1.807) is 0 Å². The second kappa shape index (κ2) is 6.49. The van der Waals surface area contributed by atoms with E-state index in [1.807, 2.05) is 6.92 Å². The molecule has 0 bridgehead atoms. The average Bonchev–Trinajstić information content (AvgIpc) is 2.59. The fourth-order valence-electron chi connectivity index (χ4n) is 1.68. The number of aryl methyl sites for hydroxylation is 2. The summed E-state index contributed by atoms with van der Waals surface area (Å²) < 4.78 is 2.16. The number of anilines is 1. The Balaban J connectivity index is 2.30. The highest BCUT2D eigenvalue weighted by atomic mass is 15.2. The Morgan fingerprint density at radius 3 is 2.73 bits per heavy atom. The molecule has 0 saturated heterocycles. The van der Waals surface area contributed by atoms with Crippen molar-refractivity contribution in [3.63, 3.8) is 0 Å². The number of hydrogen-bond acceptors (Lipinski definition) is 2. The number of unbranched alkanes of at least 4 members (excludes halogenated alkanes) is 3. The van der Waals surface area contributed by atoms with Crippen molar-refractivity contribution in [3.05, 3.63) is 11.9 Å². The van der Waals surface area contributed by atoms with Gasteiger partial charge in [-0.3, -0.25) is 0 Å². The quantitative estimate of drug-likeness (QED) is 0.699. The number of aromatic nitrogens is 2. The molecule has 3 nitrogen and oxygen atoms in total. The maximum atomic E-state index is 4.45. The SMILES string of the molecule is CCCCCCNc1nc(C)cn1CC. The third-order valence-corrected chi connectivity index (χ3v) is 2.55. The van der Waals surface area contributed by atoms with Gasteiger partial charge in [0.05, 0.1) is 5.69 Å². The molecular formula is C12H23N3. The maximum absolute atomic E-state index is 4.45. The Morgan fingerprint density at radius 2 is 2.07 bits per heavy atom. The standard InChI is InChI=1S/C12H23N3/c1-4-6-7-8-9-13-12-14-11(3)10-15(12)5-2/h10H,4-9H2,1-3H3,(H,13,14). The molecule has 1 rings (SSSR count). The predicted octanol–water partition coefficient (Wildman–Crippen LogP) is 3.20. The zero-order valence-corrected chi connectivity index (χ0v) is 10.2. The summed E-state index contributed by atoms with van der Waals surface area (Å²) in [5, 5.41) is 3.40. The van der Waals surface area contributed by atoms with Crippen molar-refractivity contribution in [2.24, 2.45) is 0 Å². The highest BCUT2D eigenvalue weighted by Gasteiger charge is 2.02. The molecule has 15 heavy (non-hydrogen) atoms.